The van der Waals surface area contributed by atoms with Gasteiger partial charge in [0.05, 0.1) is 0 Å². The van der Waals surface area contributed by atoms with Crippen molar-refractivity contribution in [2.75, 3.05) is 0 Å². The number of hydrogen-bond donors (Lipinski definition) is 2. The van der Waals surface area contributed by atoms with Crippen molar-refractivity contribution in [3.63, 3.8) is 0 Å². The highest BCUT2D eigenvalue weighted by Crippen LogP contribution is 2.48. The number of phenols is 2. The van der Waals surface area contributed by atoms with Crippen LogP contribution in [0.2, 0.25) is 0 Å². The zero-order chi connectivity index (χ0) is 13.9. The Balaban J connectivity index is 2.08. The fraction of sp³-hybridized carbons (Fsp3) is 0.111. The molecule has 2 nitrogen and oxygen atoms in total. The van der Waals surface area contributed by atoms with Gasteiger partial charge in [0, 0.05) is 5.92 Å². The third-order valence-corrected chi connectivity index (χ3v) is 4.27. The summed E-state index contributed by atoms with van der Waals surface area (Å²) in [4.78, 5) is 0. The largest absolute Gasteiger partial charge is 0.508 e. The molecule has 0 fully saturated rings. The van der Waals surface area contributed by atoms with Crippen LogP contribution in [0.4, 0.5) is 0 Å². The lowest BCUT2D eigenvalue weighted by atomic mass is 9.94. The normalized spacial score (nSPS) is 16.1. The molecule has 0 heterocycles. The first kappa shape index (κ1) is 11.4. The molecule has 0 radical (unpaired) electrons. The maximum atomic E-state index is 9.71. The highest BCUT2D eigenvalue weighted by molar-refractivity contribution is 5.96. The Labute approximate surface area is 116 Å². The van der Waals surface area contributed by atoms with Gasteiger partial charge in [-0.2, -0.15) is 0 Å². The van der Waals surface area contributed by atoms with Crippen LogP contribution in [0.5, 0.6) is 11.5 Å². The molecule has 0 saturated carbocycles. The second-order valence-corrected chi connectivity index (χ2v) is 5.43. The fourth-order valence-corrected chi connectivity index (χ4v) is 3.35. The van der Waals surface area contributed by atoms with Crippen molar-refractivity contribution >= 4 is 10.8 Å². The van der Waals surface area contributed by atoms with E-state index in [-0.39, 0.29) is 5.92 Å². The molecule has 1 aliphatic carbocycles. The number of aromatic hydroxyl groups is 2. The zero-order valence-corrected chi connectivity index (χ0v) is 11.1. The molecule has 4 rings (SSSR count). The van der Waals surface area contributed by atoms with Crippen molar-refractivity contribution in [1.29, 1.82) is 0 Å². The molecule has 2 N–H and O–H groups in total. The van der Waals surface area contributed by atoms with Gasteiger partial charge in [-0.15, -0.1) is 0 Å². The number of hydrogen-bond acceptors (Lipinski definition) is 2. The van der Waals surface area contributed by atoms with Gasteiger partial charge in [-0.1, -0.05) is 31.2 Å². The monoisotopic (exact) mass is 262 g/mol. The zero-order valence-electron chi connectivity index (χ0n) is 11.1. The van der Waals surface area contributed by atoms with Gasteiger partial charge in [0.1, 0.15) is 11.5 Å². The van der Waals surface area contributed by atoms with E-state index in [1.165, 1.54) is 27.6 Å². The third-order valence-electron chi connectivity index (χ3n) is 4.27. The first-order valence-corrected chi connectivity index (χ1v) is 6.74. The van der Waals surface area contributed by atoms with Crippen LogP contribution in [-0.4, -0.2) is 10.2 Å². The minimum atomic E-state index is 0.250. The maximum Gasteiger partial charge on any atom is 0.116 e. The van der Waals surface area contributed by atoms with Crippen LogP contribution in [0, 0.1) is 0 Å². The third kappa shape index (κ3) is 1.39. The molecule has 20 heavy (non-hydrogen) atoms. The minimum absolute atomic E-state index is 0.250. The number of fused-ring (bicyclic) bond motifs is 5. The smallest absolute Gasteiger partial charge is 0.116 e. The van der Waals surface area contributed by atoms with Crippen LogP contribution >= 0.6 is 0 Å². The Morgan fingerprint density at radius 3 is 2.35 bits per heavy atom. The fourth-order valence-electron chi connectivity index (χ4n) is 3.35. The quantitative estimate of drug-likeness (QED) is 0.631. The summed E-state index contributed by atoms with van der Waals surface area (Å²) in [7, 11) is 0. The van der Waals surface area contributed by atoms with Gasteiger partial charge < -0.3 is 10.2 Å². The maximum absolute atomic E-state index is 9.71. The summed E-state index contributed by atoms with van der Waals surface area (Å²) in [5, 5.41) is 21.5. The Hall–Kier alpha value is -2.48. The van der Waals surface area contributed by atoms with Gasteiger partial charge in [-0.05, 0) is 57.3 Å². The van der Waals surface area contributed by atoms with Crippen LogP contribution in [0.1, 0.15) is 24.0 Å². The molecule has 0 amide bonds. The van der Waals surface area contributed by atoms with Crippen molar-refractivity contribution in [2.24, 2.45) is 0 Å². The van der Waals surface area contributed by atoms with Crippen LogP contribution in [0.3, 0.4) is 0 Å². The summed E-state index contributed by atoms with van der Waals surface area (Å²) in [5.74, 6) is 0.851. The molecule has 1 atom stereocenters. The lowest BCUT2D eigenvalue weighted by Gasteiger charge is -2.10. The molecule has 0 aliphatic heterocycles. The number of rotatable bonds is 0. The average Bonchev–Trinajstić information content (AvgIpc) is 2.72. The number of benzene rings is 3. The summed E-state index contributed by atoms with van der Waals surface area (Å²) in [6, 6.07) is 15.2. The molecule has 0 bridgehead atoms. The van der Waals surface area contributed by atoms with Crippen molar-refractivity contribution in [3.8, 4) is 22.6 Å². The second-order valence-electron chi connectivity index (χ2n) is 5.43. The first-order chi connectivity index (χ1) is 9.65. The van der Waals surface area contributed by atoms with Gasteiger partial charge in [0.2, 0.25) is 0 Å². The minimum Gasteiger partial charge on any atom is -0.508 e. The van der Waals surface area contributed by atoms with E-state index in [1.54, 1.807) is 18.2 Å². The molecular formula is C18H14O2. The van der Waals surface area contributed by atoms with Crippen molar-refractivity contribution in [1.82, 2.24) is 0 Å². The van der Waals surface area contributed by atoms with Crippen LogP contribution in [-0.2, 0) is 0 Å². The molecule has 2 heteroatoms. The summed E-state index contributed by atoms with van der Waals surface area (Å²) >= 11 is 0. The molecule has 1 aliphatic rings. The predicted octanol–water partition coefficient (Wildman–Crippen LogP) is 4.38. The number of phenolic OH excluding ortho intramolecular Hbond substituents is 2. The Bertz CT molecular complexity index is 849. The van der Waals surface area contributed by atoms with Crippen molar-refractivity contribution in [3.05, 3.63) is 59.7 Å². The summed E-state index contributed by atoms with van der Waals surface area (Å²) in [6.07, 6.45) is 0. The average molecular weight is 262 g/mol. The standard InChI is InChI=1S/C18H14O2/c1-10-17-9-13(20)4-7-15(17)16-5-2-11-8-12(19)3-6-14(11)18(10)16/h2-10,19-20H,1H3. The van der Waals surface area contributed by atoms with Gasteiger partial charge in [0.25, 0.3) is 0 Å². The van der Waals surface area contributed by atoms with E-state index in [2.05, 4.69) is 13.0 Å². The van der Waals surface area contributed by atoms with E-state index in [9.17, 15) is 10.2 Å². The van der Waals surface area contributed by atoms with E-state index >= 15 is 0 Å². The van der Waals surface area contributed by atoms with E-state index in [4.69, 9.17) is 0 Å². The van der Waals surface area contributed by atoms with E-state index in [1.807, 2.05) is 24.3 Å². The van der Waals surface area contributed by atoms with E-state index in [0.717, 1.165) is 5.39 Å². The molecule has 0 aromatic heterocycles. The molecule has 0 spiro atoms. The second kappa shape index (κ2) is 3.76. The molecule has 98 valence electrons. The summed E-state index contributed by atoms with van der Waals surface area (Å²) in [6.45, 7) is 2.16. The summed E-state index contributed by atoms with van der Waals surface area (Å²) in [5.41, 5.74) is 4.87. The van der Waals surface area contributed by atoms with E-state index in [0.29, 0.717) is 11.5 Å². The Morgan fingerprint density at radius 1 is 0.800 bits per heavy atom. The SMILES string of the molecule is CC1c2cc(O)ccc2-c2ccc3cc(O)ccc3c21. The Kier molecular flexibility index (Phi) is 2.14. The van der Waals surface area contributed by atoms with Crippen LogP contribution in [0.15, 0.2) is 48.5 Å². The van der Waals surface area contributed by atoms with Crippen molar-refractivity contribution < 1.29 is 10.2 Å². The topological polar surface area (TPSA) is 40.5 Å². The molecular weight excluding hydrogens is 248 g/mol. The lowest BCUT2D eigenvalue weighted by Crippen LogP contribution is -1.91. The molecule has 3 aromatic carbocycles. The highest BCUT2D eigenvalue weighted by atomic mass is 16.3. The highest BCUT2D eigenvalue weighted by Gasteiger charge is 2.27. The van der Waals surface area contributed by atoms with Gasteiger partial charge in [0.15, 0.2) is 0 Å². The predicted molar refractivity (Wildman–Crippen MR) is 80.2 cm³/mol. The van der Waals surface area contributed by atoms with Crippen LogP contribution in [0.25, 0.3) is 21.9 Å². The first-order valence-electron chi connectivity index (χ1n) is 6.74. The van der Waals surface area contributed by atoms with Gasteiger partial charge >= 0.3 is 0 Å². The Morgan fingerprint density at radius 2 is 1.50 bits per heavy atom. The van der Waals surface area contributed by atoms with Crippen LogP contribution < -0.4 is 0 Å². The molecule has 1 unspecified atom stereocenters. The molecule has 3 aromatic rings. The van der Waals surface area contributed by atoms with Gasteiger partial charge in [-0.25, -0.2) is 0 Å². The summed E-state index contributed by atoms with van der Waals surface area (Å²) < 4.78 is 0. The lowest BCUT2D eigenvalue weighted by molar-refractivity contribution is 0.474. The van der Waals surface area contributed by atoms with Crippen molar-refractivity contribution in [2.45, 2.75) is 12.8 Å². The molecule has 0 saturated heterocycles. The van der Waals surface area contributed by atoms with E-state index < -0.39 is 0 Å². The van der Waals surface area contributed by atoms with Gasteiger partial charge in [-0.3, -0.25) is 0 Å².